The summed E-state index contributed by atoms with van der Waals surface area (Å²) in [6.07, 6.45) is 1.50. The van der Waals surface area contributed by atoms with Crippen LogP contribution in [0.2, 0.25) is 0 Å². The van der Waals surface area contributed by atoms with E-state index in [9.17, 15) is 18.4 Å². The highest BCUT2D eigenvalue weighted by molar-refractivity contribution is 6.08. The van der Waals surface area contributed by atoms with Crippen molar-refractivity contribution >= 4 is 22.7 Å². The molecule has 0 spiro atoms. The minimum absolute atomic E-state index is 0.108. The summed E-state index contributed by atoms with van der Waals surface area (Å²) in [6, 6.07) is 13.8. The lowest BCUT2D eigenvalue weighted by molar-refractivity contribution is -0.122. The van der Waals surface area contributed by atoms with Gasteiger partial charge in [0.05, 0.1) is 17.3 Å². The molecule has 1 unspecified atom stereocenters. The maximum absolute atomic E-state index is 13.7. The maximum Gasteiger partial charge on any atom is 0.252 e. The van der Waals surface area contributed by atoms with Gasteiger partial charge in [-0.25, -0.2) is 13.8 Å². The molecular weight excluding hydrogens is 404 g/mol. The fourth-order valence-electron chi connectivity index (χ4n) is 3.26. The molecule has 0 aliphatic carbocycles. The first-order chi connectivity index (χ1) is 15.0. The number of nitrogens with zero attached hydrogens (tertiary/aromatic N) is 1. The molecule has 0 aliphatic rings. The Balaban J connectivity index is 1.77. The predicted octanol–water partition coefficient (Wildman–Crippen LogP) is 3.99. The van der Waals surface area contributed by atoms with Gasteiger partial charge < -0.3 is 15.1 Å². The summed E-state index contributed by atoms with van der Waals surface area (Å²) in [5.74, 6) is -2.85. The molecule has 4 aromatic rings. The van der Waals surface area contributed by atoms with Crippen LogP contribution in [-0.2, 0) is 4.79 Å². The molecular formula is C23H17F2N3O3. The van der Waals surface area contributed by atoms with E-state index in [-0.39, 0.29) is 11.1 Å². The van der Waals surface area contributed by atoms with Crippen molar-refractivity contribution in [3.05, 3.63) is 89.7 Å². The number of likely N-dealkylation sites (N-methyl/N-ethyl adjacent to an activating group) is 1. The zero-order valence-electron chi connectivity index (χ0n) is 16.4. The van der Waals surface area contributed by atoms with Crippen molar-refractivity contribution < 1.29 is 22.8 Å². The van der Waals surface area contributed by atoms with E-state index in [1.807, 2.05) is 0 Å². The summed E-state index contributed by atoms with van der Waals surface area (Å²) < 4.78 is 32.5. The summed E-state index contributed by atoms with van der Waals surface area (Å²) in [5.41, 5.74) is 1.37. The van der Waals surface area contributed by atoms with Crippen LogP contribution in [0.5, 0.6) is 0 Å². The van der Waals surface area contributed by atoms with Gasteiger partial charge in [-0.2, -0.15) is 0 Å². The lowest BCUT2D eigenvalue weighted by Crippen LogP contribution is -2.39. The second-order valence-corrected chi connectivity index (χ2v) is 6.74. The predicted molar refractivity (Wildman–Crippen MR) is 110 cm³/mol. The van der Waals surface area contributed by atoms with E-state index in [0.717, 1.165) is 12.1 Å². The number of carbonyl (C=O) groups is 2. The molecule has 0 saturated carbocycles. The monoisotopic (exact) mass is 421 g/mol. The number of furan rings is 1. The van der Waals surface area contributed by atoms with Crippen LogP contribution < -0.4 is 10.6 Å². The van der Waals surface area contributed by atoms with E-state index in [4.69, 9.17) is 4.42 Å². The van der Waals surface area contributed by atoms with E-state index in [0.29, 0.717) is 22.4 Å². The minimum Gasteiger partial charge on any atom is -0.463 e. The Kier molecular flexibility index (Phi) is 5.44. The number of pyridine rings is 1. The lowest BCUT2D eigenvalue weighted by atomic mass is 10.0. The standard InChI is InChI=1S/C23H17F2N3O3/c1-26-23(30)21(13-8-9-16(24)17(25)11-13)28-22(29)15-12-19(20-7-4-10-31-20)27-18-6-3-2-5-14(15)18/h2-12,21H,1H3,(H,26,30)(H,28,29). The number of fused-ring (bicyclic) bond motifs is 1. The van der Waals surface area contributed by atoms with Crippen LogP contribution in [0.1, 0.15) is 22.0 Å². The zero-order chi connectivity index (χ0) is 22.0. The van der Waals surface area contributed by atoms with Crippen LogP contribution >= 0.6 is 0 Å². The quantitative estimate of drug-likeness (QED) is 0.510. The molecule has 6 nitrogen and oxygen atoms in total. The van der Waals surface area contributed by atoms with Crippen molar-refractivity contribution in [3.8, 4) is 11.5 Å². The van der Waals surface area contributed by atoms with Crippen molar-refractivity contribution in [2.45, 2.75) is 6.04 Å². The molecule has 0 saturated heterocycles. The fourth-order valence-corrected chi connectivity index (χ4v) is 3.26. The Labute approximate surface area is 175 Å². The number of aromatic nitrogens is 1. The molecule has 0 bridgehead atoms. The third-order valence-corrected chi connectivity index (χ3v) is 4.80. The Morgan fingerprint density at radius 2 is 1.81 bits per heavy atom. The van der Waals surface area contributed by atoms with Gasteiger partial charge in [-0.15, -0.1) is 0 Å². The lowest BCUT2D eigenvalue weighted by Gasteiger charge is -2.19. The molecule has 2 amide bonds. The average molecular weight is 421 g/mol. The summed E-state index contributed by atoms with van der Waals surface area (Å²) in [5, 5.41) is 5.61. The van der Waals surface area contributed by atoms with E-state index in [2.05, 4.69) is 15.6 Å². The van der Waals surface area contributed by atoms with Crippen LogP contribution in [0, 0.1) is 11.6 Å². The summed E-state index contributed by atoms with van der Waals surface area (Å²) in [4.78, 5) is 30.2. The van der Waals surface area contributed by atoms with Crippen molar-refractivity contribution in [3.63, 3.8) is 0 Å². The number of hydrogen-bond acceptors (Lipinski definition) is 4. The second-order valence-electron chi connectivity index (χ2n) is 6.74. The number of hydrogen-bond donors (Lipinski definition) is 2. The van der Waals surface area contributed by atoms with Gasteiger partial charge in [-0.3, -0.25) is 9.59 Å². The molecule has 8 heteroatoms. The first kappa shape index (κ1) is 20.2. The smallest absolute Gasteiger partial charge is 0.252 e. The van der Waals surface area contributed by atoms with Gasteiger partial charge >= 0.3 is 0 Å². The van der Waals surface area contributed by atoms with Crippen molar-refractivity contribution in [1.29, 1.82) is 0 Å². The Bertz CT molecular complexity index is 1270. The van der Waals surface area contributed by atoms with Gasteiger partial charge in [0.1, 0.15) is 11.7 Å². The van der Waals surface area contributed by atoms with Gasteiger partial charge in [-0.1, -0.05) is 24.3 Å². The third-order valence-electron chi connectivity index (χ3n) is 4.80. The molecule has 31 heavy (non-hydrogen) atoms. The summed E-state index contributed by atoms with van der Waals surface area (Å²) >= 11 is 0. The summed E-state index contributed by atoms with van der Waals surface area (Å²) in [7, 11) is 1.39. The SMILES string of the molecule is CNC(=O)C(NC(=O)c1cc(-c2ccco2)nc2ccccc12)c1ccc(F)c(F)c1. The van der Waals surface area contributed by atoms with E-state index >= 15 is 0 Å². The number of para-hydroxylation sites is 1. The highest BCUT2D eigenvalue weighted by Crippen LogP contribution is 2.26. The van der Waals surface area contributed by atoms with Crippen LogP contribution in [0.3, 0.4) is 0 Å². The van der Waals surface area contributed by atoms with E-state index < -0.39 is 29.5 Å². The average Bonchev–Trinajstić information content (AvgIpc) is 3.33. The topological polar surface area (TPSA) is 84.2 Å². The van der Waals surface area contributed by atoms with Gasteiger partial charge in [0.15, 0.2) is 17.4 Å². The molecule has 0 radical (unpaired) electrons. The normalized spacial score (nSPS) is 11.8. The zero-order valence-corrected chi connectivity index (χ0v) is 16.4. The maximum atomic E-state index is 13.7. The second kappa shape index (κ2) is 8.35. The van der Waals surface area contributed by atoms with Gasteiger partial charge in [0.25, 0.3) is 5.91 Å². The summed E-state index contributed by atoms with van der Waals surface area (Å²) in [6.45, 7) is 0. The number of rotatable bonds is 5. The van der Waals surface area contributed by atoms with Gasteiger partial charge in [0, 0.05) is 12.4 Å². The number of nitrogens with one attached hydrogen (secondary N) is 2. The molecule has 1 atom stereocenters. The van der Waals surface area contributed by atoms with E-state index in [1.54, 1.807) is 42.5 Å². The Morgan fingerprint density at radius 3 is 2.52 bits per heavy atom. The molecule has 2 aromatic heterocycles. The molecule has 4 rings (SSSR count). The molecule has 2 aromatic carbocycles. The number of halogens is 2. The Morgan fingerprint density at radius 1 is 1.00 bits per heavy atom. The third kappa shape index (κ3) is 4.00. The number of carbonyl (C=O) groups excluding carboxylic acids is 2. The van der Waals surface area contributed by atoms with Crippen molar-refractivity contribution in [1.82, 2.24) is 15.6 Å². The molecule has 0 aliphatic heterocycles. The fraction of sp³-hybridized carbons (Fsp3) is 0.0870. The Hall–Kier alpha value is -4.07. The molecule has 156 valence electrons. The van der Waals surface area contributed by atoms with Crippen LogP contribution in [-0.4, -0.2) is 23.8 Å². The van der Waals surface area contributed by atoms with Gasteiger partial charge in [-0.05, 0) is 42.0 Å². The molecule has 2 heterocycles. The number of amides is 2. The van der Waals surface area contributed by atoms with Crippen LogP contribution in [0.25, 0.3) is 22.4 Å². The minimum atomic E-state index is -1.23. The molecule has 0 fully saturated rings. The van der Waals surface area contributed by atoms with Crippen LogP contribution in [0.4, 0.5) is 8.78 Å². The van der Waals surface area contributed by atoms with E-state index in [1.165, 1.54) is 19.4 Å². The van der Waals surface area contributed by atoms with Crippen molar-refractivity contribution in [2.75, 3.05) is 7.05 Å². The first-order valence-corrected chi connectivity index (χ1v) is 9.39. The van der Waals surface area contributed by atoms with Crippen LogP contribution in [0.15, 0.2) is 71.3 Å². The number of benzene rings is 2. The highest BCUT2D eigenvalue weighted by Gasteiger charge is 2.25. The highest BCUT2D eigenvalue weighted by atomic mass is 19.2. The van der Waals surface area contributed by atoms with Gasteiger partial charge in [0.2, 0.25) is 5.91 Å². The largest absolute Gasteiger partial charge is 0.463 e. The van der Waals surface area contributed by atoms with Crippen molar-refractivity contribution in [2.24, 2.45) is 0 Å². The first-order valence-electron chi connectivity index (χ1n) is 9.39. The molecule has 2 N–H and O–H groups in total.